The summed E-state index contributed by atoms with van der Waals surface area (Å²) in [5, 5.41) is 10.6. The van der Waals surface area contributed by atoms with Crippen molar-refractivity contribution in [2.75, 3.05) is 0 Å². The Morgan fingerprint density at radius 1 is 1.21 bits per heavy atom. The number of nitrogens with two attached hydrogens (primary N) is 1. The number of rotatable bonds is 4. The van der Waals surface area contributed by atoms with Crippen molar-refractivity contribution in [2.45, 2.75) is 13.0 Å². The number of carbonyl (C=O) groups excluding carboxylic acids is 1. The van der Waals surface area contributed by atoms with Crippen LogP contribution in [0.4, 0.5) is 0 Å². The second-order valence-corrected chi connectivity index (χ2v) is 4.13. The predicted molar refractivity (Wildman–Crippen MR) is 70.2 cm³/mol. The zero-order valence-electron chi connectivity index (χ0n) is 10.3. The average molecular weight is 259 g/mol. The van der Waals surface area contributed by atoms with E-state index >= 15 is 0 Å². The highest BCUT2D eigenvalue weighted by molar-refractivity contribution is 6.00. The molecule has 2 aromatic rings. The second kappa shape index (κ2) is 4.97. The highest BCUT2D eigenvalue weighted by Crippen LogP contribution is 2.30. The Balaban J connectivity index is 2.62. The van der Waals surface area contributed by atoms with E-state index in [1.54, 1.807) is 18.2 Å². The van der Waals surface area contributed by atoms with Gasteiger partial charge >= 0.3 is 5.97 Å². The average Bonchev–Trinajstić information content (AvgIpc) is 2.38. The summed E-state index contributed by atoms with van der Waals surface area (Å²) in [4.78, 5) is 22.3. The van der Waals surface area contributed by atoms with Crippen LogP contribution in [0.3, 0.4) is 0 Å². The highest BCUT2D eigenvalue weighted by Gasteiger charge is 2.19. The van der Waals surface area contributed by atoms with Crippen molar-refractivity contribution in [1.82, 2.24) is 0 Å². The van der Waals surface area contributed by atoms with Gasteiger partial charge < -0.3 is 15.6 Å². The van der Waals surface area contributed by atoms with Crippen molar-refractivity contribution in [1.29, 1.82) is 0 Å². The van der Waals surface area contributed by atoms with Crippen LogP contribution in [0.2, 0.25) is 0 Å². The standard InChI is InChI=1S/C14H13NO4/c1-8(13(15)16)19-12-10-5-3-2-4-9(10)6-7-11(12)14(17)18/h2-8H,1H3,(H2,15,16)(H,17,18). The molecule has 0 saturated heterocycles. The molecule has 2 rings (SSSR count). The lowest BCUT2D eigenvalue weighted by Gasteiger charge is -2.15. The van der Waals surface area contributed by atoms with Crippen LogP contribution in [0.1, 0.15) is 17.3 Å². The number of aromatic carboxylic acids is 1. The molecule has 0 aliphatic rings. The molecule has 0 heterocycles. The minimum Gasteiger partial charge on any atom is -0.479 e. The number of carboxylic acid groups (broad SMARTS) is 1. The molecule has 0 saturated carbocycles. The van der Waals surface area contributed by atoms with Crippen LogP contribution < -0.4 is 10.5 Å². The molecule has 19 heavy (non-hydrogen) atoms. The number of amides is 1. The molecule has 0 radical (unpaired) electrons. The van der Waals surface area contributed by atoms with Crippen molar-refractivity contribution < 1.29 is 19.4 Å². The van der Waals surface area contributed by atoms with E-state index in [1.807, 2.05) is 12.1 Å². The summed E-state index contributed by atoms with van der Waals surface area (Å²) in [7, 11) is 0. The number of benzene rings is 2. The summed E-state index contributed by atoms with van der Waals surface area (Å²) >= 11 is 0. The lowest BCUT2D eigenvalue weighted by Crippen LogP contribution is -2.31. The van der Waals surface area contributed by atoms with Gasteiger partial charge in [0.2, 0.25) is 0 Å². The van der Waals surface area contributed by atoms with E-state index in [9.17, 15) is 14.7 Å². The van der Waals surface area contributed by atoms with E-state index in [-0.39, 0.29) is 11.3 Å². The molecule has 1 unspecified atom stereocenters. The molecule has 1 amide bonds. The van der Waals surface area contributed by atoms with Crippen LogP contribution in [-0.4, -0.2) is 23.1 Å². The van der Waals surface area contributed by atoms with Crippen LogP contribution in [0.25, 0.3) is 10.8 Å². The highest BCUT2D eigenvalue weighted by atomic mass is 16.5. The molecule has 0 aromatic heterocycles. The van der Waals surface area contributed by atoms with Crippen LogP contribution in [0.5, 0.6) is 5.75 Å². The molecule has 5 heteroatoms. The molecule has 98 valence electrons. The van der Waals surface area contributed by atoms with Crippen LogP contribution >= 0.6 is 0 Å². The maximum atomic E-state index is 11.2. The van der Waals surface area contributed by atoms with Crippen LogP contribution in [0.15, 0.2) is 36.4 Å². The first kappa shape index (κ1) is 12.9. The van der Waals surface area contributed by atoms with E-state index in [0.717, 1.165) is 5.39 Å². The summed E-state index contributed by atoms with van der Waals surface area (Å²) in [5.74, 6) is -1.60. The van der Waals surface area contributed by atoms with E-state index in [2.05, 4.69) is 0 Å². The van der Waals surface area contributed by atoms with Crippen molar-refractivity contribution in [3.63, 3.8) is 0 Å². The fourth-order valence-electron chi connectivity index (χ4n) is 1.77. The molecular formula is C14H13NO4. The lowest BCUT2D eigenvalue weighted by atomic mass is 10.1. The van der Waals surface area contributed by atoms with Gasteiger partial charge in [-0.25, -0.2) is 4.79 Å². The molecule has 1 atom stereocenters. The predicted octanol–water partition coefficient (Wildman–Crippen LogP) is 1.79. The molecule has 0 fully saturated rings. The molecule has 0 bridgehead atoms. The first-order valence-electron chi connectivity index (χ1n) is 5.71. The fourth-order valence-corrected chi connectivity index (χ4v) is 1.77. The zero-order chi connectivity index (χ0) is 14.0. The maximum Gasteiger partial charge on any atom is 0.339 e. The summed E-state index contributed by atoms with van der Waals surface area (Å²) in [6.07, 6.45) is -0.899. The number of carbonyl (C=O) groups is 2. The van der Waals surface area contributed by atoms with Crippen molar-refractivity contribution in [3.05, 3.63) is 42.0 Å². The molecular weight excluding hydrogens is 246 g/mol. The Morgan fingerprint density at radius 3 is 2.53 bits per heavy atom. The minimum absolute atomic E-state index is 0.00630. The summed E-state index contributed by atoms with van der Waals surface area (Å²) < 4.78 is 5.43. The van der Waals surface area contributed by atoms with Crippen LogP contribution in [0, 0.1) is 0 Å². The van der Waals surface area contributed by atoms with E-state index in [1.165, 1.54) is 13.0 Å². The number of hydrogen-bond donors (Lipinski definition) is 2. The van der Waals surface area contributed by atoms with E-state index in [0.29, 0.717) is 5.39 Å². The Hall–Kier alpha value is -2.56. The minimum atomic E-state index is -1.11. The van der Waals surface area contributed by atoms with Gasteiger partial charge in [0.25, 0.3) is 5.91 Å². The number of primary amides is 1. The van der Waals surface area contributed by atoms with Gasteiger partial charge in [-0.15, -0.1) is 0 Å². The number of fused-ring (bicyclic) bond motifs is 1. The molecule has 0 aliphatic carbocycles. The molecule has 5 nitrogen and oxygen atoms in total. The largest absolute Gasteiger partial charge is 0.479 e. The normalized spacial score (nSPS) is 12.1. The second-order valence-electron chi connectivity index (χ2n) is 4.13. The monoisotopic (exact) mass is 259 g/mol. The topological polar surface area (TPSA) is 89.6 Å². The third kappa shape index (κ3) is 2.49. The quantitative estimate of drug-likeness (QED) is 0.875. The van der Waals surface area contributed by atoms with Gasteiger partial charge in [-0.05, 0) is 18.4 Å². The Labute approximate surface area is 109 Å². The van der Waals surface area contributed by atoms with Crippen molar-refractivity contribution >= 4 is 22.6 Å². The zero-order valence-corrected chi connectivity index (χ0v) is 10.3. The van der Waals surface area contributed by atoms with Gasteiger partial charge in [0.05, 0.1) is 0 Å². The molecule has 0 aliphatic heterocycles. The van der Waals surface area contributed by atoms with Gasteiger partial charge in [-0.3, -0.25) is 4.79 Å². The molecule has 3 N–H and O–H groups in total. The lowest BCUT2D eigenvalue weighted by molar-refractivity contribution is -0.123. The van der Waals surface area contributed by atoms with Gasteiger partial charge in [0.15, 0.2) is 6.10 Å². The number of hydrogen-bond acceptors (Lipinski definition) is 3. The van der Waals surface area contributed by atoms with Gasteiger partial charge in [-0.2, -0.15) is 0 Å². The third-order valence-corrected chi connectivity index (χ3v) is 2.81. The molecule has 2 aromatic carbocycles. The first-order valence-corrected chi connectivity index (χ1v) is 5.71. The van der Waals surface area contributed by atoms with Gasteiger partial charge in [-0.1, -0.05) is 30.3 Å². The van der Waals surface area contributed by atoms with Gasteiger partial charge in [0, 0.05) is 5.39 Å². The summed E-state index contributed by atoms with van der Waals surface area (Å²) in [6, 6.07) is 10.3. The van der Waals surface area contributed by atoms with Crippen molar-refractivity contribution in [2.24, 2.45) is 5.73 Å². The summed E-state index contributed by atoms with van der Waals surface area (Å²) in [6.45, 7) is 1.48. The third-order valence-electron chi connectivity index (χ3n) is 2.81. The van der Waals surface area contributed by atoms with Crippen molar-refractivity contribution in [3.8, 4) is 5.75 Å². The SMILES string of the molecule is CC(Oc1c(C(=O)O)ccc2ccccc12)C(N)=O. The Bertz CT molecular complexity index is 651. The Morgan fingerprint density at radius 2 is 1.89 bits per heavy atom. The van der Waals surface area contributed by atoms with Crippen LogP contribution in [-0.2, 0) is 4.79 Å². The number of carboxylic acids is 1. The molecule has 0 spiro atoms. The Kier molecular flexibility index (Phi) is 3.37. The van der Waals surface area contributed by atoms with E-state index in [4.69, 9.17) is 10.5 Å². The maximum absolute atomic E-state index is 11.2. The summed E-state index contributed by atoms with van der Waals surface area (Å²) in [5.41, 5.74) is 5.15. The fraction of sp³-hybridized carbons (Fsp3) is 0.143. The smallest absolute Gasteiger partial charge is 0.339 e. The van der Waals surface area contributed by atoms with E-state index < -0.39 is 18.0 Å². The van der Waals surface area contributed by atoms with Gasteiger partial charge in [0.1, 0.15) is 11.3 Å². The first-order chi connectivity index (χ1) is 9.00. The number of ether oxygens (including phenoxy) is 1.